The Labute approximate surface area is 108 Å². The molecule has 3 nitrogen and oxygen atoms in total. The minimum Gasteiger partial charge on any atom is -0.313 e. The molecule has 2 atom stereocenters. The van der Waals surface area contributed by atoms with E-state index in [1.165, 1.54) is 6.42 Å². The molecule has 3 heteroatoms. The van der Waals surface area contributed by atoms with Gasteiger partial charge in [0.2, 0.25) is 0 Å². The van der Waals surface area contributed by atoms with E-state index in [4.69, 9.17) is 0 Å². The fourth-order valence-corrected chi connectivity index (χ4v) is 1.64. The molecule has 0 amide bonds. The second-order valence-corrected chi connectivity index (χ2v) is 6.49. The predicted molar refractivity (Wildman–Crippen MR) is 77.6 cm³/mol. The van der Waals surface area contributed by atoms with Crippen LogP contribution in [0.4, 0.5) is 0 Å². The normalized spacial score (nSPS) is 16.2. The quantitative estimate of drug-likeness (QED) is 0.682. The van der Waals surface area contributed by atoms with Gasteiger partial charge in [0, 0.05) is 24.7 Å². The molecule has 2 N–H and O–H groups in total. The van der Waals surface area contributed by atoms with E-state index in [-0.39, 0.29) is 5.54 Å². The average Bonchev–Trinajstić information content (AvgIpc) is 2.14. The summed E-state index contributed by atoms with van der Waals surface area (Å²) in [5.41, 5.74) is 0.237. The van der Waals surface area contributed by atoms with Gasteiger partial charge in [-0.2, -0.15) is 0 Å². The fourth-order valence-electron chi connectivity index (χ4n) is 1.64. The van der Waals surface area contributed by atoms with Crippen molar-refractivity contribution in [1.29, 1.82) is 0 Å². The third-order valence-electron chi connectivity index (χ3n) is 3.13. The van der Waals surface area contributed by atoms with Crippen molar-refractivity contribution in [2.45, 2.75) is 52.6 Å². The van der Waals surface area contributed by atoms with Gasteiger partial charge >= 0.3 is 0 Å². The summed E-state index contributed by atoms with van der Waals surface area (Å²) in [7, 11) is 4.23. The first-order valence-electron chi connectivity index (χ1n) is 6.85. The molecular formula is C14H33N3. The number of nitrogens with zero attached hydrogens (tertiary/aromatic N) is 1. The summed E-state index contributed by atoms with van der Waals surface area (Å²) >= 11 is 0. The van der Waals surface area contributed by atoms with Crippen LogP contribution in [0.2, 0.25) is 0 Å². The largest absolute Gasteiger partial charge is 0.313 e. The summed E-state index contributed by atoms with van der Waals surface area (Å²) < 4.78 is 0. The Bertz CT molecular complexity index is 184. The molecule has 0 aliphatic carbocycles. The van der Waals surface area contributed by atoms with Crippen LogP contribution in [0.1, 0.15) is 41.0 Å². The molecule has 0 aromatic heterocycles. The van der Waals surface area contributed by atoms with Crippen LogP contribution in [0.3, 0.4) is 0 Å². The molecule has 0 aliphatic heterocycles. The number of nitrogens with one attached hydrogen (secondary N) is 2. The van der Waals surface area contributed by atoms with Crippen LogP contribution >= 0.6 is 0 Å². The monoisotopic (exact) mass is 243 g/mol. The van der Waals surface area contributed by atoms with Gasteiger partial charge in [-0.1, -0.05) is 6.92 Å². The molecule has 0 aliphatic rings. The van der Waals surface area contributed by atoms with Crippen molar-refractivity contribution in [3.63, 3.8) is 0 Å². The van der Waals surface area contributed by atoms with Gasteiger partial charge in [0.25, 0.3) is 0 Å². The van der Waals surface area contributed by atoms with Crippen molar-refractivity contribution in [2.75, 3.05) is 33.7 Å². The van der Waals surface area contributed by atoms with E-state index in [1.807, 2.05) is 0 Å². The standard InChI is InChI=1S/C14H33N3/c1-12(8-9-16-14(3,4)5)13(2)15-10-11-17(6)7/h12-13,15-16H,8-11H2,1-7H3. The number of hydrogen-bond donors (Lipinski definition) is 2. The highest BCUT2D eigenvalue weighted by Gasteiger charge is 2.13. The van der Waals surface area contributed by atoms with E-state index in [2.05, 4.69) is 64.2 Å². The van der Waals surface area contributed by atoms with Crippen molar-refractivity contribution in [2.24, 2.45) is 5.92 Å². The van der Waals surface area contributed by atoms with Crippen LogP contribution in [-0.4, -0.2) is 50.2 Å². The van der Waals surface area contributed by atoms with E-state index >= 15 is 0 Å². The highest BCUT2D eigenvalue weighted by Crippen LogP contribution is 2.08. The summed E-state index contributed by atoms with van der Waals surface area (Å²) in [6.07, 6.45) is 1.23. The fraction of sp³-hybridized carbons (Fsp3) is 1.00. The van der Waals surface area contributed by atoms with Gasteiger partial charge in [-0.15, -0.1) is 0 Å². The van der Waals surface area contributed by atoms with Crippen LogP contribution in [0.15, 0.2) is 0 Å². The number of rotatable bonds is 8. The Kier molecular flexibility index (Phi) is 8.01. The van der Waals surface area contributed by atoms with Crippen molar-refractivity contribution in [3.05, 3.63) is 0 Å². The van der Waals surface area contributed by atoms with Crippen LogP contribution in [0.5, 0.6) is 0 Å². The topological polar surface area (TPSA) is 27.3 Å². The first kappa shape index (κ1) is 16.9. The third kappa shape index (κ3) is 10.7. The lowest BCUT2D eigenvalue weighted by atomic mass is 9.99. The Hall–Kier alpha value is -0.120. The van der Waals surface area contributed by atoms with Gasteiger partial charge in [0.1, 0.15) is 0 Å². The van der Waals surface area contributed by atoms with E-state index in [0.29, 0.717) is 12.0 Å². The second kappa shape index (κ2) is 8.06. The molecule has 0 saturated carbocycles. The first-order valence-corrected chi connectivity index (χ1v) is 6.85. The molecule has 0 radical (unpaired) electrons. The number of hydrogen-bond acceptors (Lipinski definition) is 3. The van der Waals surface area contributed by atoms with Crippen molar-refractivity contribution in [1.82, 2.24) is 15.5 Å². The summed E-state index contributed by atoms with van der Waals surface area (Å²) in [4.78, 5) is 2.21. The summed E-state index contributed by atoms with van der Waals surface area (Å²) in [5.74, 6) is 0.715. The molecular weight excluding hydrogens is 210 g/mol. The zero-order chi connectivity index (χ0) is 13.5. The Morgan fingerprint density at radius 1 is 1.06 bits per heavy atom. The van der Waals surface area contributed by atoms with Gasteiger partial charge in [-0.05, 0) is 60.7 Å². The number of likely N-dealkylation sites (N-methyl/N-ethyl adjacent to an activating group) is 1. The lowest BCUT2D eigenvalue weighted by Gasteiger charge is -2.25. The molecule has 0 aromatic rings. The highest BCUT2D eigenvalue weighted by atomic mass is 15.1. The van der Waals surface area contributed by atoms with Gasteiger partial charge < -0.3 is 15.5 Å². The highest BCUT2D eigenvalue weighted by molar-refractivity contribution is 4.74. The minimum absolute atomic E-state index is 0.237. The molecule has 0 fully saturated rings. The molecule has 0 spiro atoms. The molecule has 0 rings (SSSR count). The summed E-state index contributed by atoms with van der Waals surface area (Å²) in [5, 5.41) is 7.14. The Morgan fingerprint density at radius 3 is 2.12 bits per heavy atom. The van der Waals surface area contributed by atoms with Crippen LogP contribution < -0.4 is 10.6 Å². The van der Waals surface area contributed by atoms with Crippen molar-refractivity contribution in [3.8, 4) is 0 Å². The zero-order valence-corrected chi connectivity index (χ0v) is 12.9. The molecule has 0 aromatic carbocycles. The molecule has 17 heavy (non-hydrogen) atoms. The third-order valence-corrected chi connectivity index (χ3v) is 3.13. The molecule has 0 saturated heterocycles. The maximum absolute atomic E-state index is 3.59. The van der Waals surface area contributed by atoms with Crippen LogP contribution in [0, 0.1) is 5.92 Å². The molecule has 0 heterocycles. The zero-order valence-electron chi connectivity index (χ0n) is 12.9. The van der Waals surface area contributed by atoms with E-state index in [0.717, 1.165) is 19.6 Å². The second-order valence-electron chi connectivity index (χ2n) is 6.49. The van der Waals surface area contributed by atoms with Gasteiger partial charge in [0.05, 0.1) is 0 Å². The maximum Gasteiger partial charge on any atom is 0.0101 e. The van der Waals surface area contributed by atoms with Gasteiger partial charge in [-0.25, -0.2) is 0 Å². The van der Waals surface area contributed by atoms with Crippen molar-refractivity contribution < 1.29 is 0 Å². The van der Waals surface area contributed by atoms with Crippen molar-refractivity contribution >= 4 is 0 Å². The van der Waals surface area contributed by atoms with Crippen LogP contribution in [-0.2, 0) is 0 Å². The predicted octanol–water partition coefficient (Wildman–Crippen LogP) is 1.94. The first-order chi connectivity index (χ1) is 7.72. The van der Waals surface area contributed by atoms with E-state index in [1.54, 1.807) is 0 Å². The van der Waals surface area contributed by atoms with Gasteiger partial charge in [-0.3, -0.25) is 0 Å². The Morgan fingerprint density at radius 2 is 1.65 bits per heavy atom. The summed E-state index contributed by atoms with van der Waals surface area (Å²) in [6, 6.07) is 0.594. The van der Waals surface area contributed by atoms with Crippen LogP contribution in [0.25, 0.3) is 0 Å². The SMILES string of the molecule is CC(CCNC(C)(C)C)C(C)NCCN(C)C. The Balaban J connectivity index is 3.63. The average molecular weight is 243 g/mol. The molecule has 2 unspecified atom stereocenters. The minimum atomic E-state index is 0.237. The smallest absolute Gasteiger partial charge is 0.0101 e. The lowest BCUT2D eigenvalue weighted by Crippen LogP contribution is -2.40. The molecule has 104 valence electrons. The van der Waals surface area contributed by atoms with Gasteiger partial charge in [0.15, 0.2) is 0 Å². The molecule has 0 bridgehead atoms. The van der Waals surface area contributed by atoms with E-state index in [9.17, 15) is 0 Å². The maximum atomic E-state index is 3.59. The van der Waals surface area contributed by atoms with E-state index < -0.39 is 0 Å². The summed E-state index contributed by atoms with van der Waals surface area (Å²) in [6.45, 7) is 14.6. The lowest BCUT2D eigenvalue weighted by molar-refractivity contribution is 0.326.